The zero-order chi connectivity index (χ0) is 15.2. The Morgan fingerprint density at radius 1 is 1.33 bits per heavy atom. The molecule has 21 heavy (non-hydrogen) atoms. The number of rotatable bonds is 4. The van der Waals surface area contributed by atoms with Gasteiger partial charge in [-0.2, -0.15) is 0 Å². The lowest BCUT2D eigenvalue weighted by atomic mass is 10.1. The van der Waals surface area contributed by atoms with Crippen LogP contribution in [0.3, 0.4) is 0 Å². The van der Waals surface area contributed by atoms with E-state index in [0.717, 1.165) is 12.2 Å². The summed E-state index contributed by atoms with van der Waals surface area (Å²) in [7, 11) is 1.61. The van der Waals surface area contributed by atoms with Crippen LogP contribution in [0.2, 0.25) is 0 Å². The van der Waals surface area contributed by atoms with Gasteiger partial charge in [0.05, 0.1) is 6.04 Å². The van der Waals surface area contributed by atoms with E-state index in [-0.39, 0.29) is 23.9 Å². The molecule has 6 heteroatoms. The van der Waals surface area contributed by atoms with Gasteiger partial charge in [-0.1, -0.05) is 18.2 Å². The number of hydrogen-bond acceptors (Lipinski definition) is 4. The molecule has 2 amide bonds. The molecular weight excluding hydrogens is 268 g/mol. The molecule has 0 aliphatic carbocycles. The van der Waals surface area contributed by atoms with Crippen LogP contribution in [0.1, 0.15) is 6.92 Å². The molecule has 0 bridgehead atoms. The number of nitrogens with zero attached hydrogens (tertiary/aromatic N) is 1. The summed E-state index contributed by atoms with van der Waals surface area (Å²) in [6, 6.07) is 8.65. The molecule has 6 nitrogen and oxygen atoms in total. The Morgan fingerprint density at radius 2 is 2.05 bits per heavy atom. The van der Waals surface area contributed by atoms with Gasteiger partial charge in [-0.3, -0.25) is 14.5 Å². The van der Waals surface area contributed by atoms with Crippen LogP contribution >= 0.6 is 0 Å². The third-order valence-electron chi connectivity index (χ3n) is 3.75. The van der Waals surface area contributed by atoms with Crippen molar-refractivity contribution < 1.29 is 9.59 Å². The average Bonchev–Trinajstić information content (AvgIpc) is 2.54. The number of carbonyl (C=O) groups is 2. The van der Waals surface area contributed by atoms with Crippen molar-refractivity contribution in [2.45, 2.75) is 19.0 Å². The van der Waals surface area contributed by atoms with Crippen molar-refractivity contribution in [3.63, 3.8) is 0 Å². The van der Waals surface area contributed by atoms with Crippen LogP contribution in [0, 0.1) is 0 Å². The van der Waals surface area contributed by atoms with E-state index in [1.807, 2.05) is 42.2 Å². The number of para-hydroxylation sites is 1. The monoisotopic (exact) mass is 290 g/mol. The number of amides is 2. The lowest BCUT2D eigenvalue weighted by molar-refractivity contribution is -0.130. The van der Waals surface area contributed by atoms with Crippen LogP contribution < -0.4 is 16.0 Å². The van der Waals surface area contributed by atoms with Gasteiger partial charge >= 0.3 is 0 Å². The largest absolute Gasteiger partial charge is 0.358 e. The molecule has 2 rings (SSSR count). The maximum Gasteiger partial charge on any atom is 0.241 e. The maximum atomic E-state index is 12.4. The molecule has 0 radical (unpaired) electrons. The molecule has 114 valence electrons. The van der Waals surface area contributed by atoms with Gasteiger partial charge in [-0.05, 0) is 19.1 Å². The minimum Gasteiger partial charge on any atom is -0.358 e. The second kappa shape index (κ2) is 7.19. The molecule has 0 aromatic heterocycles. The number of benzene rings is 1. The quantitative estimate of drug-likeness (QED) is 0.732. The average molecular weight is 290 g/mol. The van der Waals surface area contributed by atoms with E-state index in [1.165, 1.54) is 0 Å². The predicted molar refractivity (Wildman–Crippen MR) is 82.0 cm³/mol. The molecule has 1 fully saturated rings. The fourth-order valence-electron chi connectivity index (χ4n) is 2.51. The van der Waals surface area contributed by atoms with Crippen LogP contribution in [-0.4, -0.2) is 55.5 Å². The van der Waals surface area contributed by atoms with Crippen LogP contribution in [0.15, 0.2) is 30.3 Å². The third-order valence-corrected chi connectivity index (χ3v) is 3.75. The van der Waals surface area contributed by atoms with Gasteiger partial charge in [0, 0.05) is 32.4 Å². The van der Waals surface area contributed by atoms with Gasteiger partial charge in [0.25, 0.3) is 0 Å². The second-order valence-electron chi connectivity index (χ2n) is 5.10. The molecule has 1 saturated heterocycles. The van der Waals surface area contributed by atoms with E-state index in [1.54, 1.807) is 7.05 Å². The topological polar surface area (TPSA) is 73.5 Å². The molecule has 1 aromatic rings. The van der Waals surface area contributed by atoms with Crippen LogP contribution in [0.25, 0.3) is 0 Å². The predicted octanol–water partition coefficient (Wildman–Crippen LogP) is 0.0334. The van der Waals surface area contributed by atoms with Gasteiger partial charge in [0.15, 0.2) is 0 Å². The van der Waals surface area contributed by atoms with Crippen molar-refractivity contribution in [3.8, 4) is 0 Å². The summed E-state index contributed by atoms with van der Waals surface area (Å²) < 4.78 is 0. The van der Waals surface area contributed by atoms with E-state index >= 15 is 0 Å². The summed E-state index contributed by atoms with van der Waals surface area (Å²) in [5.41, 5.74) is 0.765. The first kappa shape index (κ1) is 15.5. The summed E-state index contributed by atoms with van der Waals surface area (Å²) in [5.74, 6) is -0.168. The minimum absolute atomic E-state index is 0.0680. The van der Waals surface area contributed by atoms with Gasteiger partial charge in [0.1, 0.15) is 6.04 Å². The highest BCUT2D eigenvalue weighted by atomic mass is 16.2. The summed E-state index contributed by atoms with van der Waals surface area (Å²) >= 11 is 0. The zero-order valence-corrected chi connectivity index (χ0v) is 12.4. The third kappa shape index (κ3) is 3.80. The summed E-state index contributed by atoms with van der Waals surface area (Å²) in [6.07, 6.45) is 0. The first-order valence-corrected chi connectivity index (χ1v) is 7.17. The minimum atomic E-state index is -0.366. The second-order valence-corrected chi connectivity index (χ2v) is 5.10. The molecule has 3 N–H and O–H groups in total. The Hall–Kier alpha value is -1.92. The van der Waals surface area contributed by atoms with Crippen molar-refractivity contribution in [1.29, 1.82) is 0 Å². The lowest BCUT2D eigenvalue weighted by Gasteiger charge is -2.38. The Morgan fingerprint density at radius 3 is 2.71 bits per heavy atom. The van der Waals surface area contributed by atoms with E-state index < -0.39 is 0 Å². The Labute approximate surface area is 124 Å². The van der Waals surface area contributed by atoms with Gasteiger partial charge < -0.3 is 16.0 Å². The number of piperazine rings is 1. The Kier molecular flexibility index (Phi) is 5.30. The highest BCUT2D eigenvalue weighted by Crippen LogP contribution is 2.12. The molecule has 0 saturated carbocycles. The Balaban J connectivity index is 2.04. The fraction of sp³-hybridized carbons (Fsp3) is 0.467. The standard InChI is InChI=1S/C15H22N4O2/c1-11(14(20)18-12-6-4-3-5-7-12)19-9-8-17-10-13(19)15(21)16-2/h3-7,11,13,17H,8-10H2,1-2H3,(H,16,21)(H,18,20). The van der Waals surface area contributed by atoms with Crippen molar-refractivity contribution in [2.24, 2.45) is 0 Å². The van der Waals surface area contributed by atoms with E-state index in [2.05, 4.69) is 16.0 Å². The molecule has 1 aliphatic rings. The van der Waals surface area contributed by atoms with Crippen molar-refractivity contribution in [1.82, 2.24) is 15.5 Å². The van der Waals surface area contributed by atoms with Gasteiger partial charge in [-0.15, -0.1) is 0 Å². The first-order chi connectivity index (χ1) is 10.1. The number of hydrogen-bond donors (Lipinski definition) is 3. The van der Waals surface area contributed by atoms with E-state index in [4.69, 9.17) is 0 Å². The number of nitrogens with one attached hydrogen (secondary N) is 3. The summed E-state index contributed by atoms with van der Waals surface area (Å²) in [5, 5.41) is 8.73. The summed E-state index contributed by atoms with van der Waals surface area (Å²) in [6.45, 7) is 3.83. The molecule has 1 aromatic carbocycles. The highest BCUT2D eigenvalue weighted by Gasteiger charge is 2.34. The van der Waals surface area contributed by atoms with Crippen LogP contribution in [0.5, 0.6) is 0 Å². The molecule has 1 aliphatic heterocycles. The normalized spacial score (nSPS) is 20.6. The SMILES string of the molecule is CNC(=O)C1CNCCN1C(C)C(=O)Nc1ccccc1. The van der Waals surface area contributed by atoms with Gasteiger partial charge in [0.2, 0.25) is 11.8 Å². The zero-order valence-electron chi connectivity index (χ0n) is 12.4. The first-order valence-electron chi connectivity index (χ1n) is 7.17. The number of likely N-dealkylation sites (N-methyl/N-ethyl adjacent to an activating group) is 1. The molecule has 1 heterocycles. The summed E-state index contributed by atoms with van der Waals surface area (Å²) in [4.78, 5) is 26.2. The Bertz CT molecular complexity index is 492. The van der Waals surface area contributed by atoms with E-state index in [0.29, 0.717) is 13.1 Å². The van der Waals surface area contributed by atoms with Gasteiger partial charge in [-0.25, -0.2) is 0 Å². The molecule has 0 spiro atoms. The van der Waals surface area contributed by atoms with Crippen LogP contribution in [-0.2, 0) is 9.59 Å². The lowest BCUT2D eigenvalue weighted by Crippen LogP contribution is -2.61. The number of anilines is 1. The number of carbonyl (C=O) groups excluding carboxylic acids is 2. The molecule has 2 unspecified atom stereocenters. The molecular formula is C15H22N4O2. The fourth-order valence-corrected chi connectivity index (χ4v) is 2.51. The highest BCUT2D eigenvalue weighted by molar-refractivity contribution is 5.95. The smallest absolute Gasteiger partial charge is 0.241 e. The van der Waals surface area contributed by atoms with Crippen molar-refractivity contribution >= 4 is 17.5 Å². The van der Waals surface area contributed by atoms with E-state index in [9.17, 15) is 9.59 Å². The van der Waals surface area contributed by atoms with Crippen molar-refractivity contribution in [3.05, 3.63) is 30.3 Å². The van der Waals surface area contributed by atoms with Crippen molar-refractivity contribution in [2.75, 3.05) is 32.0 Å². The molecule has 2 atom stereocenters. The maximum absolute atomic E-state index is 12.4. The van der Waals surface area contributed by atoms with Crippen LogP contribution in [0.4, 0.5) is 5.69 Å².